The summed E-state index contributed by atoms with van der Waals surface area (Å²) in [5.41, 5.74) is 2.73. The largest absolute Gasteiger partial charge is 0.443 e. The van der Waals surface area contributed by atoms with Crippen LogP contribution in [0.1, 0.15) is 36.6 Å². The molecule has 0 saturated heterocycles. The number of ether oxygens (including phenoxy) is 1. The zero-order chi connectivity index (χ0) is 24.7. The Hall–Kier alpha value is -4.07. The summed E-state index contributed by atoms with van der Waals surface area (Å²) < 4.78 is 48.6. The number of hydrogen-bond acceptors (Lipinski definition) is 3. The third-order valence-electron chi connectivity index (χ3n) is 5.92. The number of fused-ring (bicyclic) bond motifs is 2. The molecule has 0 amide bonds. The Labute approximate surface area is 199 Å². The van der Waals surface area contributed by atoms with Gasteiger partial charge in [0.15, 0.2) is 0 Å². The summed E-state index contributed by atoms with van der Waals surface area (Å²) in [4.78, 5) is 12.7. The quantitative estimate of drug-likeness (QED) is 0.273. The number of alkyl halides is 3. The molecule has 0 aliphatic heterocycles. The number of nitrogens with zero attached hydrogens (tertiary/aromatic N) is 3. The molecule has 0 aliphatic rings. The van der Waals surface area contributed by atoms with Gasteiger partial charge in [-0.3, -0.25) is 0 Å². The average Bonchev–Trinajstić information content (AvgIpc) is 3.42. The predicted molar refractivity (Wildman–Crippen MR) is 128 cm³/mol. The van der Waals surface area contributed by atoms with E-state index in [0.29, 0.717) is 16.6 Å². The molecule has 8 heteroatoms. The lowest BCUT2D eigenvalue weighted by Gasteiger charge is -2.15. The fourth-order valence-electron chi connectivity index (χ4n) is 4.21. The van der Waals surface area contributed by atoms with Crippen LogP contribution in [0.5, 0.6) is 0 Å². The molecule has 0 bridgehead atoms. The Morgan fingerprint density at radius 1 is 0.943 bits per heavy atom. The van der Waals surface area contributed by atoms with E-state index in [-0.39, 0.29) is 12.5 Å². The van der Waals surface area contributed by atoms with E-state index in [4.69, 9.17) is 4.74 Å². The normalized spacial score (nSPS) is 12.1. The molecule has 0 spiro atoms. The van der Waals surface area contributed by atoms with Crippen LogP contribution in [0.3, 0.4) is 0 Å². The number of rotatable bonds is 4. The molecule has 5 rings (SSSR count). The Morgan fingerprint density at radius 3 is 2.40 bits per heavy atom. The SMILES string of the molecule is CC(C)c1cc2cc3c(cnn3C(=O)OCc3ccccc3)cc2n1-c1cccc(C(F)(F)F)c1. The van der Waals surface area contributed by atoms with Crippen molar-refractivity contribution in [1.29, 1.82) is 0 Å². The highest BCUT2D eigenvalue weighted by molar-refractivity contribution is 5.99. The molecule has 0 saturated carbocycles. The highest BCUT2D eigenvalue weighted by Gasteiger charge is 2.31. The van der Waals surface area contributed by atoms with Crippen molar-refractivity contribution in [3.63, 3.8) is 0 Å². The summed E-state index contributed by atoms with van der Waals surface area (Å²) in [6.45, 7) is 4.09. The maximum Gasteiger partial charge on any atom is 0.435 e. The molecule has 3 aromatic carbocycles. The minimum absolute atomic E-state index is 0.0485. The molecular weight excluding hydrogens is 455 g/mol. The first-order valence-electron chi connectivity index (χ1n) is 11.1. The van der Waals surface area contributed by atoms with E-state index in [1.807, 2.05) is 66.9 Å². The van der Waals surface area contributed by atoms with Crippen molar-refractivity contribution < 1.29 is 22.7 Å². The van der Waals surface area contributed by atoms with E-state index in [1.165, 1.54) is 10.7 Å². The van der Waals surface area contributed by atoms with Crippen molar-refractivity contribution in [1.82, 2.24) is 14.3 Å². The molecule has 2 heterocycles. The second-order valence-electron chi connectivity index (χ2n) is 8.67. The van der Waals surface area contributed by atoms with Crippen LogP contribution in [0.15, 0.2) is 79.0 Å². The van der Waals surface area contributed by atoms with E-state index in [9.17, 15) is 18.0 Å². The van der Waals surface area contributed by atoms with Crippen molar-refractivity contribution in [3.05, 3.63) is 95.8 Å². The minimum atomic E-state index is -4.44. The number of carbonyl (C=O) groups excluding carboxylic acids is 1. The highest BCUT2D eigenvalue weighted by atomic mass is 19.4. The molecule has 0 atom stereocenters. The first kappa shape index (κ1) is 22.7. The maximum atomic E-state index is 13.4. The van der Waals surface area contributed by atoms with E-state index in [2.05, 4.69) is 5.10 Å². The molecule has 2 aromatic heterocycles. The third kappa shape index (κ3) is 4.27. The van der Waals surface area contributed by atoms with Crippen LogP contribution in [0.25, 0.3) is 27.5 Å². The molecular formula is C27H22F3N3O2. The predicted octanol–water partition coefficient (Wildman–Crippen LogP) is 7.31. The summed E-state index contributed by atoms with van der Waals surface area (Å²) in [7, 11) is 0. The average molecular weight is 477 g/mol. The van der Waals surface area contributed by atoms with Gasteiger partial charge in [0.25, 0.3) is 0 Å². The molecule has 0 unspecified atom stereocenters. The number of carbonyl (C=O) groups is 1. The molecule has 178 valence electrons. The molecule has 35 heavy (non-hydrogen) atoms. The Kier molecular flexibility index (Phi) is 5.59. The zero-order valence-corrected chi connectivity index (χ0v) is 19.1. The molecule has 5 aromatic rings. The second kappa shape index (κ2) is 8.61. The van der Waals surface area contributed by atoms with Crippen LogP contribution in [0, 0.1) is 0 Å². The summed E-state index contributed by atoms with van der Waals surface area (Å²) in [6, 6.07) is 20.2. The van der Waals surface area contributed by atoms with Gasteiger partial charge in [0, 0.05) is 22.2 Å². The Balaban J connectivity index is 1.58. The lowest BCUT2D eigenvalue weighted by Crippen LogP contribution is -2.14. The van der Waals surface area contributed by atoms with Crippen molar-refractivity contribution in [3.8, 4) is 5.69 Å². The summed E-state index contributed by atoms with van der Waals surface area (Å²) in [5, 5.41) is 5.67. The van der Waals surface area contributed by atoms with E-state index < -0.39 is 17.8 Å². The van der Waals surface area contributed by atoms with E-state index in [1.54, 1.807) is 12.3 Å². The summed E-state index contributed by atoms with van der Waals surface area (Å²) >= 11 is 0. The van der Waals surface area contributed by atoms with Crippen LogP contribution in [0.4, 0.5) is 18.0 Å². The Morgan fingerprint density at radius 2 is 1.69 bits per heavy atom. The van der Waals surface area contributed by atoms with Crippen molar-refractivity contribution in [2.75, 3.05) is 0 Å². The van der Waals surface area contributed by atoms with Crippen LogP contribution in [-0.4, -0.2) is 20.4 Å². The van der Waals surface area contributed by atoms with Gasteiger partial charge in [0.1, 0.15) is 6.61 Å². The number of halogens is 3. The van der Waals surface area contributed by atoms with E-state index in [0.717, 1.165) is 34.3 Å². The molecule has 0 fully saturated rings. The van der Waals surface area contributed by atoms with Gasteiger partial charge in [0.2, 0.25) is 0 Å². The molecule has 0 aliphatic carbocycles. The highest BCUT2D eigenvalue weighted by Crippen LogP contribution is 2.35. The molecule has 0 N–H and O–H groups in total. The lowest BCUT2D eigenvalue weighted by molar-refractivity contribution is -0.137. The Bertz CT molecular complexity index is 1530. The molecule has 0 radical (unpaired) electrons. The lowest BCUT2D eigenvalue weighted by atomic mass is 10.1. The summed E-state index contributed by atoms with van der Waals surface area (Å²) in [6.07, 6.45) is -3.49. The summed E-state index contributed by atoms with van der Waals surface area (Å²) in [5.74, 6) is 0.0485. The van der Waals surface area contributed by atoms with Crippen LogP contribution < -0.4 is 0 Å². The van der Waals surface area contributed by atoms with Crippen molar-refractivity contribution in [2.24, 2.45) is 0 Å². The van der Waals surface area contributed by atoms with Gasteiger partial charge in [-0.15, -0.1) is 0 Å². The number of aromatic nitrogens is 3. The van der Waals surface area contributed by atoms with Gasteiger partial charge in [-0.2, -0.15) is 23.0 Å². The zero-order valence-electron chi connectivity index (χ0n) is 19.1. The van der Waals surface area contributed by atoms with Gasteiger partial charge in [-0.25, -0.2) is 4.79 Å². The van der Waals surface area contributed by atoms with E-state index >= 15 is 0 Å². The topological polar surface area (TPSA) is 49.1 Å². The maximum absolute atomic E-state index is 13.4. The van der Waals surface area contributed by atoms with Crippen LogP contribution in [-0.2, 0) is 17.5 Å². The minimum Gasteiger partial charge on any atom is -0.443 e. The smallest absolute Gasteiger partial charge is 0.435 e. The number of hydrogen-bond donors (Lipinski definition) is 0. The van der Waals surface area contributed by atoms with Gasteiger partial charge < -0.3 is 9.30 Å². The van der Waals surface area contributed by atoms with Crippen LogP contribution >= 0.6 is 0 Å². The van der Waals surface area contributed by atoms with Crippen molar-refractivity contribution >= 4 is 27.9 Å². The fourth-order valence-corrected chi connectivity index (χ4v) is 4.21. The second-order valence-corrected chi connectivity index (χ2v) is 8.67. The van der Waals surface area contributed by atoms with Gasteiger partial charge in [-0.1, -0.05) is 50.2 Å². The van der Waals surface area contributed by atoms with Gasteiger partial charge >= 0.3 is 12.3 Å². The standard InChI is InChI=1S/C27H22F3N3O2/c1-17(2)23-11-19-12-25-20(15-31-33(25)26(34)35-16-18-7-4-3-5-8-18)13-24(19)32(23)22-10-6-9-21(14-22)27(28,29)30/h3-15,17H,16H2,1-2H3. The fraction of sp³-hybridized carbons (Fsp3) is 0.185. The van der Waals surface area contributed by atoms with Gasteiger partial charge in [-0.05, 0) is 47.9 Å². The van der Waals surface area contributed by atoms with Crippen molar-refractivity contribution in [2.45, 2.75) is 32.5 Å². The van der Waals surface area contributed by atoms with Gasteiger partial charge in [0.05, 0.1) is 22.8 Å². The first-order valence-corrected chi connectivity index (χ1v) is 11.1. The molecule has 5 nitrogen and oxygen atoms in total. The van der Waals surface area contributed by atoms with Crippen LogP contribution in [0.2, 0.25) is 0 Å². The first-order chi connectivity index (χ1) is 16.7. The number of benzene rings is 3. The third-order valence-corrected chi connectivity index (χ3v) is 5.92. The monoisotopic (exact) mass is 477 g/mol.